The van der Waals surface area contributed by atoms with E-state index >= 15 is 0 Å². The molecule has 0 aliphatic heterocycles. The van der Waals surface area contributed by atoms with Gasteiger partial charge in [-0.3, -0.25) is 0 Å². The van der Waals surface area contributed by atoms with Crippen LogP contribution in [-0.2, 0) is 22.0 Å². The number of para-hydroxylation sites is 1. The zero-order valence-electron chi connectivity index (χ0n) is 13.4. The van der Waals surface area contributed by atoms with Gasteiger partial charge in [-0.25, -0.2) is 4.79 Å². The topological polar surface area (TPSA) is 57.2 Å². The van der Waals surface area contributed by atoms with Gasteiger partial charge in [0.2, 0.25) is 0 Å². The minimum absolute atomic E-state index is 0.382. The van der Waals surface area contributed by atoms with Gasteiger partial charge < -0.3 is 14.6 Å². The summed E-state index contributed by atoms with van der Waals surface area (Å²) in [7, 11) is 0. The second-order valence-electron chi connectivity index (χ2n) is 5.93. The number of aromatic nitrogens is 1. The summed E-state index contributed by atoms with van der Waals surface area (Å²) in [6.45, 7) is 2.87. The summed E-state index contributed by atoms with van der Waals surface area (Å²) >= 11 is 5.13. The van der Waals surface area contributed by atoms with Crippen molar-refractivity contribution >= 4 is 28.7 Å². The first kappa shape index (κ1) is 16.6. The molecule has 3 rings (SSSR count). The highest BCUT2D eigenvalue weighted by atomic mass is 35.5. The Balaban J connectivity index is 1.97. The van der Waals surface area contributed by atoms with Crippen molar-refractivity contribution in [2.24, 2.45) is 5.73 Å². The van der Waals surface area contributed by atoms with Crippen LogP contribution < -0.4 is 5.73 Å². The standard InChI is InChI=1S/C19H19ClN2O2/c1-13-6-2-3-7-14(13)11-22-12-15(10-17(21)19(23)24-20)16-8-4-5-9-18(16)22/h2-9,12,17H,10-11,21H2,1H3/t17-/m0/s1. The van der Waals surface area contributed by atoms with Crippen molar-refractivity contribution in [3.8, 4) is 0 Å². The first-order valence-electron chi connectivity index (χ1n) is 7.79. The predicted octanol–water partition coefficient (Wildman–Crippen LogP) is 3.56. The van der Waals surface area contributed by atoms with Crippen LogP contribution >= 0.6 is 11.9 Å². The molecule has 124 valence electrons. The molecule has 0 radical (unpaired) electrons. The van der Waals surface area contributed by atoms with Gasteiger partial charge in [0.15, 0.2) is 0 Å². The molecule has 5 heteroatoms. The van der Waals surface area contributed by atoms with Crippen molar-refractivity contribution in [1.82, 2.24) is 4.57 Å². The molecule has 3 aromatic rings. The molecule has 1 atom stereocenters. The van der Waals surface area contributed by atoms with Crippen LogP contribution in [0.5, 0.6) is 0 Å². The largest absolute Gasteiger partial charge is 0.346 e. The van der Waals surface area contributed by atoms with Crippen molar-refractivity contribution in [1.29, 1.82) is 0 Å². The molecule has 2 aromatic carbocycles. The van der Waals surface area contributed by atoms with Crippen molar-refractivity contribution in [3.05, 3.63) is 71.4 Å². The number of fused-ring (bicyclic) bond motifs is 1. The third kappa shape index (κ3) is 3.30. The van der Waals surface area contributed by atoms with E-state index < -0.39 is 12.0 Å². The Bertz CT molecular complexity index is 873. The van der Waals surface area contributed by atoms with Crippen LogP contribution in [0.1, 0.15) is 16.7 Å². The second-order valence-corrected chi connectivity index (χ2v) is 6.09. The molecule has 0 saturated carbocycles. The van der Waals surface area contributed by atoms with Crippen LogP contribution in [0.2, 0.25) is 0 Å². The molecule has 0 unspecified atom stereocenters. The summed E-state index contributed by atoms with van der Waals surface area (Å²) in [5.74, 6) is -0.618. The van der Waals surface area contributed by atoms with Gasteiger partial charge in [0.1, 0.15) is 17.9 Å². The second kappa shape index (κ2) is 7.07. The molecule has 0 aliphatic carbocycles. The third-order valence-corrected chi connectivity index (χ3v) is 4.44. The van der Waals surface area contributed by atoms with E-state index in [4.69, 9.17) is 17.6 Å². The first-order chi connectivity index (χ1) is 11.6. The van der Waals surface area contributed by atoms with Gasteiger partial charge >= 0.3 is 5.97 Å². The minimum Gasteiger partial charge on any atom is -0.346 e. The fourth-order valence-electron chi connectivity index (χ4n) is 2.96. The highest BCUT2D eigenvalue weighted by molar-refractivity contribution is 6.13. The van der Waals surface area contributed by atoms with Crippen molar-refractivity contribution in [2.45, 2.75) is 25.9 Å². The summed E-state index contributed by atoms with van der Waals surface area (Å²) < 4.78 is 6.40. The van der Waals surface area contributed by atoms with E-state index in [1.807, 2.05) is 30.3 Å². The number of aryl methyl sites for hydroxylation is 1. The predicted molar refractivity (Wildman–Crippen MR) is 95.8 cm³/mol. The number of halogens is 1. The fraction of sp³-hybridized carbons (Fsp3) is 0.211. The highest BCUT2D eigenvalue weighted by Gasteiger charge is 2.18. The molecule has 0 amide bonds. The van der Waals surface area contributed by atoms with Gasteiger partial charge in [0.25, 0.3) is 0 Å². The Morgan fingerprint density at radius 3 is 2.62 bits per heavy atom. The average molecular weight is 343 g/mol. The maximum Gasteiger partial charge on any atom is 0.341 e. The number of nitrogens with two attached hydrogens (primary N) is 1. The summed E-state index contributed by atoms with van der Waals surface area (Å²) in [6, 6.07) is 15.6. The maximum absolute atomic E-state index is 11.5. The Labute approximate surface area is 146 Å². The van der Waals surface area contributed by atoms with Crippen LogP contribution in [0, 0.1) is 6.92 Å². The Kier molecular flexibility index (Phi) is 4.88. The maximum atomic E-state index is 11.5. The monoisotopic (exact) mass is 342 g/mol. The zero-order chi connectivity index (χ0) is 17.1. The van der Waals surface area contributed by atoms with Crippen molar-refractivity contribution < 1.29 is 9.08 Å². The average Bonchev–Trinajstić information content (AvgIpc) is 2.94. The molecule has 0 spiro atoms. The molecule has 1 heterocycles. The van der Waals surface area contributed by atoms with Crippen molar-refractivity contribution in [2.75, 3.05) is 0 Å². The Morgan fingerprint density at radius 1 is 1.17 bits per heavy atom. The molecular weight excluding hydrogens is 324 g/mol. The molecule has 4 nitrogen and oxygen atoms in total. The number of hydrogen-bond donors (Lipinski definition) is 1. The lowest BCUT2D eigenvalue weighted by Gasteiger charge is -2.08. The zero-order valence-corrected chi connectivity index (χ0v) is 14.2. The van der Waals surface area contributed by atoms with Gasteiger partial charge in [-0.1, -0.05) is 42.5 Å². The normalized spacial score (nSPS) is 12.3. The quantitative estimate of drug-likeness (QED) is 0.771. The fourth-order valence-corrected chi connectivity index (χ4v) is 3.08. The first-order valence-corrected chi connectivity index (χ1v) is 8.10. The smallest absolute Gasteiger partial charge is 0.341 e. The lowest BCUT2D eigenvalue weighted by molar-refractivity contribution is -0.135. The summed E-state index contributed by atoms with van der Waals surface area (Å²) in [6.07, 6.45) is 2.44. The third-order valence-electron chi connectivity index (χ3n) is 4.29. The summed E-state index contributed by atoms with van der Waals surface area (Å²) in [4.78, 5) is 11.5. The molecule has 1 aromatic heterocycles. The lowest BCUT2D eigenvalue weighted by Crippen LogP contribution is -2.32. The molecule has 2 N–H and O–H groups in total. The van der Waals surface area contributed by atoms with E-state index in [-0.39, 0.29) is 0 Å². The van der Waals surface area contributed by atoms with Gasteiger partial charge in [-0.2, -0.15) is 0 Å². The molecule has 0 saturated heterocycles. The summed E-state index contributed by atoms with van der Waals surface area (Å²) in [5.41, 5.74) is 10.5. The van der Waals surface area contributed by atoms with Crippen LogP contribution in [-0.4, -0.2) is 16.6 Å². The van der Waals surface area contributed by atoms with Crippen LogP contribution in [0.15, 0.2) is 54.7 Å². The Hall–Kier alpha value is -2.30. The molecule has 0 fully saturated rings. The molecule has 0 bridgehead atoms. The van der Waals surface area contributed by atoms with Gasteiger partial charge in [0.05, 0.1) is 0 Å². The number of carbonyl (C=O) groups is 1. The van der Waals surface area contributed by atoms with E-state index in [2.05, 4.69) is 40.2 Å². The van der Waals surface area contributed by atoms with E-state index in [1.54, 1.807) is 0 Å². The van der Waals surface area contributed by atoms with Crippen LogP contribution in [0.3, 0.4) is 0 Å². The Morgan fingerprint density at radius 2 is 1.88 bits per heavy atom. The molecular formula is C19H19ClN2O2. The van der Waals surface area contributed by atoms with Gasteiger partial charge in [-0.05, 0) is 29.7 Å². The van der Waals surface area contributed by atoms with Crippen LogP contribution in [0.4, 0.5) is 0 Å². The van der Waals surface area contributed by atoms with Crippen molar-refractivity contribution in [3.63, 3.8) is 0 Å². The lowest BCUT2D eigenvalue weighted by atomic mass is 10.1. The summed E-state index contributed by atoms with van der Waals surface area (Å²) in [5, 5.41) is 1.09. The highest BCUT2D eigenvalue weighted by Crippen LogP contribution is 2.24. The number of carbonyl (C=O) groups excluding carboxylic acids is 1. The van der Waals surface area contributed by atoms with Gasteiger partial charge in [0, 0.05) is 30.1 Å². The number of rotatable bonds is 5. The molecule has 24 heavy (non-hydrogen) atoms. The van der Waals surface area contributed by atoms with E-state index in [9.17, 15) is 4.79 Å². The number of benzene rings is 2. The number of hydrogen-bond acceptors (Lipinski definition) is 3. The number of nitrogens with zero attached hydrogens (tertiary/aromatic N) is 1. The van der Waals surface area contributed by atoms with Gasteiger partial charge in [-0.15, -0.1) is 0 Å². The van der Waals surface area contributed by atoms with E-state index in [1.165, 1.54) is 11.1 Å². The SMILES string of the molecule is Cc1ccccc1Cn1cc(C[C@H](N)C(=O)OCl)c2ccccc21. The van der Waals surface area contributed by atoms with Crippen LogP contribution in [0.25, 0.3) is 10.9 Å². The van der Waals surface area contributed by atoms with E-state index in [0.29, 0.717) is 6.42 Å². The minimum atomic E-state index is -0.778. The molecule has 0 aliphatic rings. The van der Waals surface area contributed by atoms with E-state index in [0.717, 1.165) is 23.0 Å².